The monoisotopic (exact) mass is 286 g/mol. The Balaban J connectivity index is 2.02. The molecule has 0 aromatic carbocycles. The van der Waals surface area contributed by atoms with Gasteiger partial charge in [-0.1, -0.05) is 0 Å². The van der Waals surface area contributed by atoms with Gasteiger partial charge in [-0.05, 0) is 41.5 Å². The van der Waals surface area contributed by atoms with Gasteiger partial charge in [0.1, 0.15) is 0 Å². The first kappa shape index (κ1) is 17.9. The molecule has 4 nitrogen and oxygen atoms in total. The molecule has 0 spiro atoms. The lowest BCUT2D eigenvalue weighted by Gasteiger charge is -2.42. The fourth-order valence-corrected chi connectivity index (χ4v) is 2.34. The van der Waals surface area contributed by atoms with Crippen LogP contribution in [0.4, 0.5) is 0 Å². The maximum atomic E-state index is 5.65. The Morgan fingerprint density at radius 3 is 1.90 bits per heavy atom. The van der Waals surface area contributed by atoms with Gasteiger partial charge in [-0.15, -0.1) is 0 Å². The smallest absolute Gasteiger partial charge is 0.0707 e. The van der Waals surface area contributed by atoms with E-state index in [0.717, 1.165) is 39.3 Å². The van der Waals surface area contributed by atoms with E-state index in [1.807, 2.05) is 0 Å². The second kappa shape index (κ2) is 7.74. The molecule has 0 aromatic heterocycles. The molecule has 1 saturated heterocycles. The minimum atomic E-state index is -0.0629. The topological polar surface area (TPSA) is 24.9 Å². The van der Waals surface area contributed by atoms with E-state index < -0.39 is 0 Å². The van der Waals surface area contributed by atoms with E-state index in [4.69, 9.17) is 9.47 Å². The number of piperazine rings is 1. The average molecular weight is 286 g/mol. The van der Waals surface area contributed by atoms with Crippen LogP contribution in [-0.2, 0) is 9.47 Å². The lowest BCUT2D eigenvalue weighted by molar-refractivity contribution is -0.0386. The summed E-state index contributed by atoms with van der Waals surface area (Å²) in [6.45, 7) is 20.9. The summed E-state index contributed by atoms with van der Waals surface area (Å²) in [6.07, 6.45) is 0. The fourth-order valence-electron chi connectivity index (χ4n) is 2.34. The molecular formula is C16H34N2O2. The normalized spacial score (nSPS) is 19.5. The van der Waals surface area contributed by atoms with Crippen molar-refractivity contribution in [2.75, 3.05) is 52.5 Å². The summed E-state index contributed by atoms with van der Waals surface area (Å²) >= 11 is 0. The minimum absolute atomic E-state index is 0.0629. The summed E-state index contributed by atoms with van der Waals surface area (Å²) in [4.78, 5) is 5.05. The molecule has 1 fully saturated rings. The van der Waals surface area contributed by atoms with E-state index in [1.165, 1.54) is 0 Å². The summed E-state index contributed by atoms with van der Waals surface area (Å²) < 4.78 is 11.3. The van der Waals surface area contributed by atoms with E-state index in [9.17, 15) is 0 Å². The van der Waals surface area contributed by atoms with Gasteiger partial charge in [0.25, 0.3) is 0 Å². The lowest BCUT2D eigenvalue weighted by Crippen LogP contribution is -2.53. The summed E-state index contributed by atoms with van der Waals surface area (Å²) in [7, 11) is 0. The van der Waals surface area contributed by atoms with Crippen molar-refractivity contribution in [2.45, 2.75) is 52.7 Å². The SMILES string of the molecule is CC(C)(C)OCCOCCN1CCN(C(C)(C)C)CC1. The lowest BCUT2D eigenvalue weighted by atomic mass is 10.1. The summed E-state index contributed by atoms with van der Waals surface area (Å²) in [5.74, 6) is 0. The van der Waals surface area contributed by atoms with Crippen LogP contribution in [0.5, 0.6) is 0 Å². The van der Waals surface area contributed by atoms with Crippen LogP contribution in [0.25, 0.3) is 0 Å². The maximum Gasteiger partial charge on any atom is 0.0707 e. The van der Waals surface area contributed by atoms with Crippen molar-refractivity contribution in [3.8, 4) is 0 Å². The molecule has 0 atom stereocenters. The van der Waals surface area contributed by atoms with Crippen molar-refractivity contribution in [2.24, 2.45) is 0 Å². The van der Waals surface area contributed by atoms with Crippen molar-refractivity contribution >= 4 is 0 Å². The van der Waals surface area contributed by atoms with Gasteiger partial charge >= 0.3 is 0 Å². The number of hydrogen-bond acceptors (Lipinski definition) is 4. The van der Waals surface area contributed by atoms with Crippen LogP contribution >= 0.6 is 0 Å². The molecular weight excluding hydrogens is 252 g/mol. The van der Waals surface area contributed by atoms with Crippen LogP contribution in [-0.4, -0.2) is 73.5 Å². The van der Waals surface area contributed by atoms with Crippen LogP contribution in [0.15, 0.2) is 0 Å². The van der Waals surface area contributed by atoms with Crippen LogP contribution in [0.2, 0.25) is 0 Å². The van der Waals surface area contributed by atoms with Gasteiger partial charge in [-0.3, -0.25) is 9.80 Å². The summed E-state index contributed by atoms with van der Waals surface area (Å²) in [6, 6.07) is 0. The predicted octanol–water partition coefficient (Wildman–Crippen LogP) is 2.23. The molecule has 0 amide bonds. The predicted molar refractivity (Wildman–Crippen MR) is 84.3 cm³/mol. The molecule has 0 unspecified atom stereocenters. The van der Waals surface area contributed by atoms with Crippen LogP contribution in [0.1, 0.15) is 41.5 Å². The highest BCUT2D eigenvalue weighted by Crippen LogP contribution is 2.15. The fraction of sp³-hybridized carbons (Fsp3) is 1.00. The molecule has 0 aromatic rings. The molecule has 4 heteroatoms. The first-order valence-electron chi connectivity index (χ1n) is 7.87. The van der Waals surface area contributed by atoms with E-state index >= 15 is 0 Å². The molecule has 20 heavy (non-hydrogen) atoms. The van der Waals surface area contributed by atoms with Gasteiger partial charge in [0.05, 0.1) is 25.4 Å². The van der Waals surface area contributed by atoms with E-state index in [2.05, 4.69) is 51.3 Å². The Labute approximate surface area is 125 Å². The molecule has 1 rings (SSSR count). The molecule has 1 aliphatic rings. The average Bonchev–Trinajstić information content (AvgIpc) is 2.32. The molecule has 1 heterocycles. The molecule has 0 radical (unpaired) electrons. The Hall–Kier alpha value is -0.160. The first-order chi connectivity index (χ1) is 9.18. The first-order valence-corrected chi connectivity index (χ1v) is 7.87. The summed E-state index contributed by atoms with van der Waals surface area (Å²) in [5.41, 5.74) is 0.236. The third-order valence-corrected chi connectivity index (χ3v) is 3.64. The number of rotatable bonds is 6. The van der Waals surface area contributed by atoms with Gasteiger partial charge in [0.15, 0.2) is 0 Å². The Morgan fingerprint density at radius 2 is 1.40 bits per heavy atom. The second-order valence-corrected chi connectivity index (χ2v) is 7.57. The quantitative estimate of drug-likeness (QED) is 0.699. The molecule has 0 bridgehead atoms. The van der Waals surface area contributed by atoms with Gasteiger partial charge < -0.3 is 9.47 Å². The van der Waals surface area contributed by atoms with Crippen LogP contribution in [0.3, 0.4) is 0 Å². The van der Waals surface area contributed by atoms with Gasteiger partial charge in [0.2, 0.25) is 0 Å². The maximum absolute atomic E-state index is 5.65. The van der Waals surface area contributed by atoms with Crippen LogP contribution < -0.4 is 0 Å². The number of hydrogen-bond donors (Lipinski definition) is 0. The molecule has 0 N–H and O–H groups in total. The highest BCUT2D eigenvalue weighted by Gasteiger charge is 2.25. The number of nitrogens with zero attached hydrogens (tertiary/aromatic N) is 2. The molecule has 0 aliphatic carbocycles. The van der Waals surface area contributed by atoms with Gasteiger partial charge in [-0.2, -0.15) is 0 Å². The van der Waals surface area contributed by atoms with Crippen molar-refractivity contribution in [3.05, 3.63) is 0 Å². The van der Waals surface area contributed by atoms with Crippen molar-refractivity contribution in [1.82, 2.24) is 9.80 Å². The zero-order chi connectivity index (χ0) is 15.2. The zero-order valence-electron chi connectivity index (χ0n) is 14.4. The van der Waals surface area contributed by atoms with Crippen molar-refractivity contribution in [1.29, 1.82) is 0 Å². The largest absolute Gasteiger partial charge is 0.378 e. The third-order valence-electron chi connectivity index (χ3n) is 3.64. The Bertz CT molecular complexity index is 261. The van der Waals surface area contributed by atoms with E-state index in [1.54, 1.807) is 0 Å². The minimum Gasteiger partial charge on any atom is -0.378 e. The van der Waals surface area contributed by atoms with E-state index in [-0.39, 0.29) is 5.60 Å². The van der Waals surface area contributed by atoms with Crippen LogP contribution in [0, 0.1) is 0 Å². The second-order valence-electron chi connectivity index (χ2n) is 7.57. The van der Waals surface area contributed by atoms with Gasteiger partial charge in [0, 0.05) is 38.3 Å². The van der Waals surface area contributed by atoms with E-state index in [0.29, 0.717) is 18.8 Å². The molecule has 120 valence electrons. The van der Waals surface area contributed by atoms with Crippen molar-refractivity contribution < 1.29 is 9.47 Å². The van der Waals surface area contributed by atoms with Gasteiger partial charge in [-0.25, -0.2) is 0 Å². The summed E-state index contributed by atoms with van der Waals surface area (Å²) in [5, 5.41) is 0. The highest BCUT2D eigenvalue weighted by molar-refractivity contribution is 4.81. The third kappa shape index (κ3) is 7.58. The Kier molecular flexibility index (Phi) is 6.92. The molecule has 0 saturated carbocycles. The zero-order valence-corrected chi connectivity index (χ0v) is 14.4. The standard InChI is InChI=1S/C16H34N2O2/c1-15(2,3)18-9-7-17(8-10-18)11-12-19-13-14-20-16(4,5)6/h7-14H2,1-6H3. The highest BCUT2D eigenvalue weighted by atomic mass is 16.5. The Morgan fingerprint density at radius 1 is 0.800 bits per heavy atom. The van der Waals surface area contributed by atoms with Crippen molar-refractivity contribution in [3.63, 3.8) is 0 Å². The number of ether oxygens (including phenoxy) is 2. The molecule has 1 aliphatic heterocycles.